The van der Waals surface area contributed by atoms with Crippen molar-refractivity contribution in [3.63, 3.8) is 0 Å². The number of hydrogen-bond donors (Lipinski definition) is 1. The Bertz CT molecular complexity index is 345. The molecule has 1 aromatic carbocycles. The second-order valence-electron chi connectivity index (χ2n) is 5.39. The summed E-state index contributed by atoms with van der Waals surface area (Å²) >= 11 is 0. The first-order valence-corrected chi connectivity index (χ1v) is 6.67. The predicted octanol–water partition coefficient (Wildman–Crippen LogP) is 3.22. The first-order chi connectivity index (χ1) is 8.25. The Balaban J connectivity index is 1.84. The van der Waals surface area contributed by atoms with E-state index in [1.54, 1.807) is 0 Å². The molecular formula is C15H23NO. The molecule has 0 atom stereocenters. The summed E-state index contributed by atoms with van der Waals surface area (Å²) < 4.78 is 5.83. The third kappa shape index (κ3) is 4.39. The zero-order chi connectivity index (χ0) is 12.1. The third-order valence-corrected chi connectivity index (χ3v) is 2.99. The molecule has 0 heterocycles. The molecule has 1 N–H and O–H groups in total. The average molecular weight is 233 g/mol. The summed E-state index contributed by atoms with van der Waals surface area (Å²) in [5, 5.41) is 3.51. The lowest BCUT2D eigenvalue weighted by molar-refractivity contribution is 0.268. The first-order valence-electron chi connectivity index (χ1n) is 6.67. The van der Waals surface area contributed by atoms with Crippen LogP contribution in [-0.2, 0) is 6.54 Å². The van der Waals surface area contributed by atoms with Gasteiger partial charge in [-0.15, -0.1) is 0 Å². The molecule has 94 valence electrons. The number of ether oxygens (including phenoxy) is 1. The minimum absolute atomic E-state index is 0.572. The van der Waals surface area contributed by atoms with Gasteiger partial charge in [-0.2, -0.15) is 0 Å². The summed E-state index contributed by atoms with van der Waals surface area (Å²) in [4.78, 5) is 0. The van der Waals surface area contributed by atoms with Crippen molar-refractivity contribution < 1.29 is 4.74 Å². The van der Waals surface area contributed by atoms with Gasteiger partial charge in [0.05, 0.1) is 6.61 Å². The molecule has 0 aliphatic heterocycles. The van der Waals surface area contributed by atoms with Crippen molar-refractivity contribution in [2.75, 3.05) is 13.2 Å². The lowest BCUT2D eigenvalue weighted by atomic mass is 10.2. The van der Waals surface area contributed by atoms with E-state index in [1.807, 2.05) is 6.07 Å². The molecule has 2 heteroatoms. The van der Waals surface area contributed by atoms with E-state index in [4.69, 9.17) is 4.74 Å². The van der Waals surface area contributed by atoms with Gasteiger partial charge < -0.3 is 10.1 Å². The molecule has 1 aromatic rings. The van der Waals surface area contributed by atoms with Crippen molar-refractivity contribution in [3.8, 4) is 5.75 Å². The highest BCUT2D eigenvalue weighted by Crippen LogP contribution is 2.28. The number of nitrogens with one attached hydrogen (secondary N) is 1. The Hall–Kier alpha value is -1.02. The van der Waals surface area contributed by atoms with Crippen LogP contribution in [0.25, 0.3) is 0 Å². The van der Waals surface area contributed by atoms with Gasteiger partial charge in [-0.1, -0.05) is 32.0 Å². The van der Waals surface area contributed by atoms with Gasteiger partial charge in [0.1, 0.15) is 5.75 Å². The number of benzene rings is 1. The molecule has 0 saturated heterocycles. The van der Waals surface area contributed by atoms with Crippen LogP contribution in [0.5, 0.6) is 5.75 Å². The van der Waals surface area contributed by atoms with Crippen molar-refractivity contribution in [1.29, 1.82) is 0 Å². The van der Waals surface area contributed by atoms with Crippen molar-refractivity contribution in [2.24, 2.45) is 11.8 Å². The summed E-state index contributed by atoms with van der Waals surface area (Å²) in [6.45, 7) is 7.21. The summed E-state index contributed by atoms with van der Waals surface area (Å²) in [7, 11) is 0. The molecule has 0 radical (unpaired) electrons. The normalized spacial score (nSPS) is 15.2. The van der Waals surface area contributed by atoms with Gasteiger partial charge >= 0.3 is 0 Å². The van der Waals surface area contributed by atoms with Crippen LogP contribution >= 0.6 is 0 Å². The SMILES string of the molecule is CC(C)COc1ccccc1CNCC1CC1. The van der Waals surface area contributed by atoms with E-state index in [2.05, 4.69) is 37.4 Å². The van der Waals surface area contributed by atoms with E-state index in [9.17, 15) is 0 Å². The van der Waals surface area contributed by atoms with Crippen LogP contribution in [0.4, 0.5) is 0 Å². The standard InChI is InChI=1S/C15H23NO/c1-12(2)11-17-15-6-4-3-5-14(15)10-16-9-13-7-8-13/h3-6,12-13,16H,7-11H2,1-2H3. The quantitative estimate of drug-likeness (QED) is 0.780. The van der Waals surface area contributed by atoms with Crippen molar-refractivity contribution in [1.82, 2.24) is 5.32 Å². The number of rotatable bonds is 7. The highest BCUT2D eigenvalue weighted by molar-refractivity contribution is 5.33. The molecule has 0 amide bonds. The van der Waals surface area contributed by atoms with Gasteiger partial charge in [-0.25, -0.2) is 0 Å². The fourth-order valence-corrected chi connectivity index (χ4v) is 1.78. The second-order valence-corrected chi connectivity index (χ2v) is 5.39. The van der Waals surface area contributed by atoms with Crippen LogP contribution in [-0.4, -0.2) is 13.2 Å². The molecule has 1 aliphatic rings. The molecule has 1 fully saturated rings. The minimum atomic E-state index is 0.572. The van der Waals surface area contributed by atoms with Crippen LogP contribution in [0.2, 0.25) is 0 Å². The van der Waals surface area contributed by atoms with Crippen LogP contribution in [0.3, 0.4) is 0 Å². The van der Waals surface area contributed by atoms with Gasteiger partial charge in [0.25, 0.3) is 0 Å². The van der Waals surface area contributed by atoms with E-state index in [-0.39, 0.29) is 0 Å². The summed E-state index contributed by atoms with van der Waals surface area (Å²) in [6, 6.07) is 8.34. The predicted molar refractivity (Wildman–Crippen MR) is 71.2 cm³/mol. The van der Waals surface area contributed by atoms with Crippen LogP contribution in [0, 0.1) is 11.8 Å². The summed E-state index contributed by atoms with van der Waals surface area (Å²) in [5.41, 5.74) is 1.27. The zero-order valence-electron chi connectivity index (χ0n) is 10.9. The molecule has 2 rings (SSSR count). The molecule has 0 spiro atoms. The van der Waals surface area contributed by atoms with Gasteiger partial charge in [-0.3, -0.25) is 0 Å². The first kappa shape index (κ1) is 12.4. The van der Waals surface area contributed by atoms with Gasteiger partial charge in [0.2, 0.25) is 0 Å². The van der Waals surface area contributed by atoms with Crippen molar-refractivity contribution in [3.05, 3.63) is 29.8 Å². The smallest absolute Gasteiger partial charge is 0.123 e. The lowest BCUT2D eigenvalue weighted by Crippen LogP contribution is -2.17. The molecule has 1 aliphatic carbocycles. The average Bonchev–Trinajstić information content (AvgIpc) is 3.12. The minimum Gasteiger partial charge on any atom is -0.493 e. The second kappa shape index (κ2) is 6.06. The maximum absolute atomic E-state index is 5.83. The van der Waals surface area contributed by atoms with Gasteiger partial charge in [0.15, 0.2) is 0 Å². The summed E-state index contributed by atoms with van der Waals surface area (Å²) in [6.07, 6.45) is 2.80. The molecule has 17 heavy (non-hydrogen) atoms. The molecule has 0 unspecified atom stereocenters. The topological polar surface area (TPSA) is 21.3 Å². The molecular weight excluding hydrogens is 210 g/mol. The maximum atomic E-state index is 5.83. The lowest BCUT2D eigenvalue weighted by Gasteiger charge is -2.13. The highest BCUT2D eigenvalue weighted by Gasteiger charge is 2.20. The Morgan fingerprint density at radius 1 is 1.29 bits per heavy atom. The van der Waals surface area contributed by atoms with Crippen molar-refractivity contribution in [2.45, 2.75) is 33.2 Å². The van der Waals surface area contributed by atoms with E-state index in [0.29, 0.717) is 5.92 Å². The number of para-hydroxylation sites is 1. The highest BCUT2D eigenvalue weighted by atomic mass is 16.5. The van der Waals surface area contributed by atoms with E-state index < -0.39 is 0 Å². The third-order valence-electron chi connectivity index (χ3n) is 2.99. The Morgan fingerprint density at radius 3 is 2.76 bits per heavy atom. The molecule has 0 aromatic heterocycles. The number of hydrogen-bond acceptors (Lipinski definition) is 2. The van der Waals surface area contributed by atoms with Gasteiger partial charge in [-0.05, 0) is 37.3 Å². The largest absolute Gasteiger partial charge is 0.493 e. The molecule has 1 saturated carbocycles. The molecule has 2 nitrogen and oxygen atoms in total. The van der Waals surface area contributed by atoms with Crippen LogP contribution < -0.4 is 10.1 Å². The fourth-order valence-electron chi connectivity index (χ4n) is 1.78. The van der Waals surface area contributed by atoms with E-state index in [1.165, 1.54) is 18.4 Å². The van der Waals surface area contributed by atoms with E-state index in [0.717, 1.165) is 31.4 Å². The van der Waals surface area contributed by atoms with Gasteiger partial charge in [0, 0.05) is 12.1 Å². The van der Waals surface area contributed by atoms with Crippen molar-refractivity contribution >= 4 is 0 Å². The summed E-state index contributed by atoms with van der Waals surface area (Å²) in [5.74, 6) is 2.53. The fraction of sp³-hybridized carbons (Fsp3) is 0.600. The van der Waals surface area contributed by atoms with Crippen LogP contribution in [0.15, 0.2) is 24.3 Å². The Kier molecular flexibility index (Phi) is 4.43. The van der Waals surface area contributed by atoms with Crippen LogP contribution in [0.1, 0.15) is 32.3 Å². The Morgan fingerprint density at radius 2 is 2.06 bits per heavy atom. The van der Waals surface area contributed by atoms with E-state index >= 15 is 0 Å². The monoisotopic (exact) mass is 233 g/mol. The Labute approximate surface area is 104 Å². The zero-order valence-corrected chi connectivity index (χ0v) is 10.9. The molecule has 0 bridgehead atoms. The maximum Gasteiger partial charge on any atom is 0.123 e.